The zero-order valence-corrected chi connectivity index (χ0v) is 35.0. The molecule has 54 heavy (non-hydrogen) atoms. The van der Waals surface area contributed by atoms with Crippen LogP contribution in [0.2, 0.25) is 0 Å². The summed E-state index contributed by atoms with van der Waals surface area (Å²) < 4.78 is 33.5. The monoisotopic (exact) mass is 784 g/mol. The Morgan fingerprint density at radius 3 is 1.93 bits per heavy atom. The summed E-state index contributed by atoms with van der Waals surface area (Å²) in [7, 11) is 1.01. The van der Waals surface area contributed by atoms with Gasteiger partial charge in [-0.15, -0.1) is 0 Å². The molecule has 0 amide bonds. The number of aliphatic hydroxyl groups is 2. The van der Waals surface area contributed by atoms with Crippen molar-refractivity contribution in [3.8, 4) is 0 Å². The minimum atomic E-state index is -4.68. The molecule has 12 heteroatoms. The number of carbonyl (C=O) groups excluding carboxylic acids is 2. The molecule has 0 saturated carbocycles. The van der Waals surface area contributed by atoms with Gasteiger partial charge in [0.05, 0.1) is 40.0 Å². The number of carbonyl (C=O) groups is 2. The first-order valence-electron chi connectivity index (χ1n) is 20.2. The molecule has 2 N–H and O–H groups in total. The van der Waals surface area contributed by atoms with Gasteiger partial charge in [0, 0.05) is 12.8 Å². The topological polar surface area (TPSA) is 152 Å². The molecule has 0 aliphatic rings. The fraction of sp³-hybridized carbons (Fsp3) is 0.714. The molecule has 0 heterocycles. The lowest BCUT2D eigenvalue weighted by Gasteiger charge is -2.28. The summed E-state index contributed by atoms with van der Waals surface area (Å²) in [4.78, 5) is 37.4. The van der Waals surface area contributed by atoms with E-state index in [1.54, 1.807) is 36.5 Å². The van der Waals surface area contributed by atoms with Crippen LogP contribution in [0.5, 0.6) is 0 Å². The highest BCUT2D eigenvalue weighted by Gasteiger charge is 2.21. The van der Waals surface area contributed by atoms with Crippen LogP contribution in [-0.2, 0) is 32.7 Å². The number of rotatable bonds is 35. The van der Waals surface area contributed by atoms with Crippen LogP contribution >= 0.6 is 7.82 Å². The molecule has 0 saturated heterocycles. The number of unbranched alkanes of at least 4 members (excludes halogenated alkanes) is 10. The van der Waals surface area contributed by atoms with Gasteiger partial charge in [0.15, 0.2) is 6.10 Å². The number of allylic oxidation sites excluding steroid dienone is 7. The summed E-state index contributed by atoms with van der Waals surface area (Å²) in [6.07, 6.45) is 31.7. The van der Waals surface area contributed by atoms with E-state index < -0.39 is 44.7 Å². The van der Waals surface area contributed by atoms with Crippen molar-refractivity contribution in [3.63, 3.8) is 0 Å². The molecule has 0 bridgehead atoms. The second-order valence-electron chi connectivity index (χ2n) is 14.7. The number of esters is 2. The Kier molecular flexibility index (Phi) is 32.4. The molecule has 0 spiro atoms. The van der Waals surface area contributed by atoms with E-state index in [4.69, 9.17) is 18.5 Å². The number of likely N-dealkylation sites (N-methyl/N-ethyl adjacent to an activating group) is 1. The molecule has 0 aliphatic carbocycles. The number of phosphoric acid groups is 1. The third-order valence-corrected chi connectivity index (χ3v) is 9.16. The number of phosphoric ester groups is 1. The summed E-state index contributed by atoms with van der Waals surface area (Å²) in [5.41, 5.74) is 0. The lowest BCUT2D eigenvalue weighted by atomic mass is 10.1. The summed E-state index contributed by atoms with van der Waals surface area (Å²) >= 11 is 0. The van der Waals surface area contributed by atoms with Crippen molar-refractivity contribution in [2.24, 2.45) is 0 Å². The highest BCUT2D eigenvalue weighted by Crippen LogP contribution is 2.38. The molecule has 0 aromatic rings. The van der Waals surface area contributed by atoms with Gasteiger partial charge >= 0.3 is 11.9 Å². The van der Waals surface area contributed by atoms with Crippen LogP contribution < -0.4 is 4.89 Å². The average molecular weight is 784 g/mol. The number of hydrogen-bond acceptors (Lipinski definition) is 10. The Morgan fingerprint density at radius 1 is 0.685 bits per heavy atom. The van der Waals surface area contributed by atoms with Gasteiger partial charge in [-0.25, -0.2) is 0 Å². The van der Waals surface area contributed by atoms with Gasteiger partial charge in [-0.2, -0.15) is 0 Å². The molecular weight excluding hydrogens is 709 g/mol. The van der Waals surface area contributed by atoms with Gasteiger partial charge in [-0.1, -0.05) is 120 Å². The number of ether oxygens (including phenoxy) is 2. The molecule has 0 rings (SSSR count). The highest BCUT2D eigenvalue weighted by molar-refractivity contribution is 7.45. The predicted molar refractivity (Wildman–Crippen MR) is 215 cm³/mol. The fourth-order valence-electron chi connectivity index (χ4n) is 4.89. The van der Waals surface area contributed by atoms with Gasteiger partial charge in [0.25, 0.3) is 7.82 Å². The van der Waals surface area contributed by atoms with Crippen molar-refractivity contribution >= 4 is 19.8 Å². The van der Waals surface area contributed by atoms with Gasteiger partial charge in [0.1, 0.15) is 19.8 Å². The van der Waals surface area contributed by atoms with Gasteiger partial charge in [-0.05, 0) is 57.8 Å². The van der Waals surface area contributed by atoms with Crippen molar-refractivity contribution in [1.82, 2.24) is 0 Å². The quantitative estimate of drug-likeness (QED) is 0.0161. The molecule has 4 atom stereocenters. The summed E-state index contributed by atoms with van der Waals surface area (Å²) in [5, 5.41) is 20.3. The van der Waals surface area contributed by atoms with Crippen LogP contribution in [0, 0.1) is 0 Å². The zero-order chi connectivity index (χ0) is 40.3. The van der Waals surface area contributed by atoms with E-state index in [1.807, 2.05) is 27.2 Å². The SMILES string of the molecule is CCCC/C=C\CCCCCCCC(=O)O[C@H](COC(=O)CCC[C@H](O)\C=C/C=C/C=C/[C@H](O)C/C=C\CCCCC)COP(=O)([O-])OCC[N+](C)(C)C. The molecule has 0 fully saturated rings. The first-order chi connectivity index (χ1) is 25.8. The summed E-state index contributed by atoms with van der Waals surface area (Å²) in [6.45, 7) is 3.79. The van der Waals surface area contributed by atoms with Crippen LogP contribution in [0.15, 0.2) is 60.8 Å². The number of hydrogen-bond donors (Lipinski definition) is 2. The third-order valence-electron chi connectivity index (χ3n) is 8.20. The molecule has 0 radical (unpaired) electrons. The minimum Gasteiger partial charge on any atom is -0.756 e. The molecule has 0 aromatic carbocycles. The molecule has 312 valence electrons. The molecular formula is C42H74NO10P. The number of nitrogens with zero attached hydrogens (tertiary/aromatic N) is 1. The van der Waals surface area contributed by atoms with Crippen molar-refractivity contribution in [1.29, 1.82) is 0 Å². The third kappa shape index (κ3) is 36.6. The Bertz CT molecular complexity index is 1140. The first-order valence-corrected chi connectivity index (χ1v) is 21.7. The number of aliphatic hydroxyl groups excluding tert-OH is 2. The lowest BCUT2D eigenvalue weighted by molar-refractivity contribution is -0.870. The Balaban J connectivity index is 4.69. The second kappa shape index (κ2) is 33.9. The van der Waals surface area contributed by atoms with Crippen molar-refractivity contribution < 1.29 is 52.3 Å². The van der Waals surface area contributed by atoms with Crippen molar-refractivity contribution in [2.75, 3.05) is 47.5 Å². The van der Waals surface area contributed by atoms with Crippen LogP contribution in [-0.4, -0.2) is 92.5 Å². The highest BCUT2D eigenvalue weighted by atomic mass is 31.2. The summed E-state index contributed by atoms with van der Waals surface area (Å²) in [5.74, 6) is -1.09. The van der Waals surface area contributed by atoms with E-state index in [0.29, 0.717) is 36.7 Å². The molecule has 0 aromatic heterocycles. The first kappa shape index (κ1) is 51.6. The van der Waals surface area contributed by atoms with Crippen LogP contribution in [0.25, 0.3) is 0 Å². The van der Waals surface area contributed by atoms with E-state index in [1.165, 1.54) is 32.1 Å². The molecule has 1 unspecified atom stereocenters. The normalized spacial score (nSPS) is 15.5. The zero-order valence-electron chi connectivity index (χ0n) is 34.1. The van der Waals surface area contributed by atoms with Gasteiger partial charge < -0.3 is 38.1 Å². The average Bonchev–Trinajstić information content (AvgIpc) is 3.10. The van der Waals surface area contributed by atoms with E-state index in [2.05, 4.69) is 32.1 Å². The van der Waals surface area contributed by atoms with E-state index >= 15 is 0 Å². The smallest absolute Gasteiger partial charge is 0.306 e. The fourth-order valence-corrected chi connectivity index (χ4v) is 5.61. The van der Waals surface area contributed by atoms with Gasteiger partial charge in [-0.3, -0.25) is 14.2 Å². The second-order valence-corrected chi connectivity index (χ2v) is 16.1. The largest absolute Gasteiger partial charge is 0.756 e. The lowest BCUT2D eigenvalue weighted by Crippen LogP contribution is -2.37. The van der Waals surface area contributed by atoms with Gasteiger partial charge in [0.2, 0.25) is 0 Å². The standard InChI is InChI=1S/C42H74NO10P/c1-6-8-10-12-14-15-16-17-18-20-26-32-42(47)53-40(37-52-54(48,49)51-35-34-43(3,4)5)36-50-41(46)33-27-31-39(45)30-25-22-21-24-29-38(44)28-23-19-13-11-9-7-2/h12,14,19,21-25,29-30,38-40,44-45H,6-11,13,15-18,20,26-28,31-37H2,1-5H3/b14-12-,22-21+,23-19-,29-24+,30-25-/t38-,39-,40-/m1/s1. The Hall–Kier alpha value is -2.37. The summed E-state index contributed by atoms with van der Waals surface area (Å²) in [6, 6.07) is 0. The maximum atomic E-state index is 12.6. The van der Waals surface area contributed by atoms with Crippen LogP contribution in [0.1, 0.15) is 129 Å². The Labute approximate surface area is 327 Å². The van der Waals surface area contributed by atoms with E-state index in [9.17, 15) is 29.3 Å². The maximum Gasteiger partial charge on any atom is 0.306 e. The van der Waals surface area contributed by atoms with Crippen molar-refractivity contribution in [2.45, 2.75) is 148 Å². The molecule has 0 aliphatic heterocycles. The van der Waals surface area contributed by atoms with Crippen LogP contribution in [0.4, 0.5) is 0 Å². The Morgan fingerprint density at radius 2 is 1.26 bits per heavy atom. The van der Waals surface area contributed by atoms with Crippen LogP contribution in [0.3, 0.4) is 0 Å². The predicted octanol–water partition coefficient (Wildman–Crippen LogP) is 8.21. The molecule has 11 nitrogen and oxygen atoms in total. The maximum absolute atomic E-state index is 12.6. The van der Waals surface area contributed by atoms with E-state index in [0.717, 1.165) is 44.9 Å². The van der Waals surface area contributed by atoms with E-state index in [-0.39, 0.29) is 26.1 Å². The minimum absolute atomic E-state index is 0.0126. The van der Waals surface area contributed by atoms with Crippen molar-refractivity contribution in [3.05, 3.63) is 60.8 Å². The number of quaternary nitrogens is 1.